The van der Waals surface area contributed by atoms with E-state index in [1.54, 1.807) is 7.11 Å². The summed E-state index contributed by atoms with van der Waals surface area (Å²) in [5.74, 6) is 2.52. The average molecular weight is 273 g/mol. The zero-order valence-electron chi connectivity index (χ0n) is 11.6. The van der Waals surface area contributed by atoms with Crippen molar-refractivity contribution >= 4 is 0 Å². The van der Waals surface area contributed by atoms with Crippen LogP contribution in [0.3, 0.4) is 0 Å². The Morgan fingerprint density at radius 3 is 2.75 bits per heavy atom. The van der Waals surface area contributed by atoms with E-state index in [0.717, 1.165) is 12.2 Å². The van der Waals surface area contributed by atoms with Gasteiger partial charge in [0, 0.05) is 19.6 Å². The first-order valence-corrected chi connectivity index (χ1v) is 6.92. The summed E-state index contributed by atoms with van der Waals surface area (Å²) in [6.45, 7) is 1.20. The minimum Gasteiger partial charge on any atom is -0.388 e. The Balaban J connectivity index is 1.80. The maximum Gasteiger partial charge on any atom is 0.158 e. The van der Waals surface area contributed by atoms with Gasteiger partial charge in [-0.3, -0.25) is 0 Å². The van der Waals surface area contributed by atoms with E-state index in [1.165, 1.54) is 5.56 Å². The van der Waals surface area contributed by atoms with E-state index in [2.05, 4.69) is 34.5 Å². The number of aromatic nitrogens is 3. The molecule has 1 N–H and O–H groups in total. The molecule has 1 aromatic carbocycles. The molecule has 0 aliphatic heterocycles. The van der Waals surface area contributed by atoms with Gasteiger partial charge in [-0.15, -0.1) is 10.2 Å². The van der Waals surface area contributed by atoms with Crippen LogP contribution in [0.25, 0.3) is 0 Å². The first kappa shape index (κ1) is 13.3. The lowest BCUT2D eigenvalue weighted by Gasteiger charge is -2.08. The molecule has 0 radical (unpaired) electrons. The summed E-state index contributed by atoms with van der Waals surface area (Å²) in [4.78, 5) is 0. The fraction of sp³-hybridized carbons (Fsp3) is 0.467. The van der Waals surface area contributed by atoms with Crippen LogP contribution in [0.1, 0.15) is 35.5 Å². The molecule has 20 heavy (non-hydrogen) atoms. The number of methoxy groups -OCH3 is 1. The minimum absolute atomic E-state index is 0.0839. The third kappa shape index (κ3) is 2.46. The van der Waals surface area contributed by atoms with Crippen LogP contribution in [0, 0.1) is 0 Å². The first-order chi connectivity index (χ1) is 9.85. The third-order valence-electron chi connectivity index (χ3n) is 3.87. The van der Waals surface area contributed by atoms with E-state index < -0.39 is 0 Å². The molecular weight excluding hydrogens is 254 g/mol. The van der Waals surface area contributed by atoms with Crippen LogP contribution in [-0.4, -0.2) is 33.6 Å². The van der Waals surface area contributed by atoms with Crippen LogP contribution >= 0.6 is 0 Å². The molecule has 0 bridgehead atoms. The van der Waals surface area contributed by atoms with Crippen LogP contribution in [0.4, 0.5) is 0 Å². The monoisotopic (exact) mass is 273 g/mol. The summed E-state index contributed by atoms with van der Waals surface area (Å²) in [6, 6.07) is 10.5. The average Bonchev–Trinajstić information content (AvgIpc) is 3.19. The lowest BCUT2D eigenvalue weighted by Crippen LogP contribution is -2.11. The molecule has 3 rings (SSSR count). The summed E-state index contributed by atoms with van der Waals surface area (Å²) in [6.07, 6.45) is 1.10. The number of ether oxygens (including phenoxy) is 1. The van der Waals surface area contributed by atoms with Crippen LogP contribution in [0.2, 0.25) is 0 Å². The number of hydrogen-bond donors (Lipinski definition) is 1. The van der Waals surface area contributed by atoms with Crippen molar-refractivity contribution in [2.75, 3.05) is 13.7 Å². The number of aliphatic hydroxyl groups excluding tert-OH is 1. The molecule has 2 unspecified atom stereocenters. The highest BCUT2D eigenvalue weighted by Gasteiger charge is 2.43. The smallest absolute Gasteiger partial charge is 0.158 e. The quantitative estimate of drug-likeness (QED) is 0.870. The van der Waals surface area contributed by atoms with Gasteiger partial charge in [0.25, 0.3) is 0 Å². The molecule has 1 heterocycles. The number of nitrogens with zero attached hydrogens (tertiary/aromatic N) is 3. The molecule has 1 saturated carbocycles. The summed E-state index contributed by atoms with van der Waals surface area (Å²) in [7, 11) is 1.67. The number of rotatable bonds is 6. The maximum absolute atomic E-state index is 9.35. The van der Waals surface area contributed by atoms with Crippen LogP contribution in [0.15, 0.2) is 30.3 Å². The van der Waals surface area contributed by atoms with Gasteiger partial charge >= 0.3 is 0 Å². The summed E-state index contributed by atoms with van der Waals surface area (Å²) >= 11 is 0. The molecule has 0 saturated heterocycles. The Morgan fingerprint density at radius 2 is 2.05 bits per heavy atom. The second-order valence-electron chi connectivity index (χ2n) is 5.14. The number of benzene rings is 1. The Hall–Kier alpha value is -1.72. The molecule has 106 valence electrons. The number of aliphatic hydroxyl groups is 1. The highest BCUT2D eigenvalue weighted by Crippen LogP contribution is 2.53. The molecule has 2 aromatic rings. The Kier molecular flexibility index (Phi) is 3.80. The van der Waals surface area contributed by atoms with E-state index in [9.17, 15) is 5.11 Å². The Labute approximate surface area is 118 Å². The lowest BCUT2D eigenvalue weighted by molar-refractivity contribution is 0.181. The fourth-order valence-electron chi connectivity index (χ4n) is 2.72. The largest absolute Gasteiger partial charge is 0.388 e. The molecule has 1 aliphatic rings. The van der Waals surface area contributed by atoms with Crippen molar-refractivity contribution in [2.24, 2.45) is 0 Å². The van der Waals surface area contributed by atoms with Crippen molar-refractivity contribution < 1.29 is 9.84 Å². The minimum atomic E-state index is -0.0839. The van der Waals surface area contributed by atoms with E-state index in [0.29, 0.717) is 30.8 Å². The van der Waals surface area contributed by atoms with E-state index in [1.807, 2.05) is 10.6 Å². The van der Waals surface area contributed by atoms with Crippen molar-refractivity contribution in [3.8, 4) is 0 Å². The number of hydrogen-bond acceptors (Lipinski definition) is 4. The van der Waals surface area contributed by atoms with Crippen LogP contribution in [0.5, 0.6) is 0 Å². The van der Waals surface area contributed by atoms with Gasteiger partial charge < -0.3 is 14.4 Å². The molecule has 0 spiro atoms. The predicted molar refractivity (Wildman–Crippen MR) is 74.4 cm³/mol. The molecule has 0 amide bonds. The molecule has 1 aliphatic carbocycles. The molecule has 1 fully saturated rings. The highest BCUT2D eigenvalue weighted by atomic mass is 16.5. The van der Waals surface area contributed by atoms with Gasteiger partial charge in [-0.25, -0.2) is 0 Å². The van der Waals surface area contributed by atoms with Crippen LogP contribution in [-0.2, 0) is 17.9 Å². The zero-order valence-corrected chi connectivity index (χ0v) is 11.6. The fourth-order valence-corrected chi connectivity index (χ4v) is 2.72. The Bertz CT molecular complexity index is 568. The van der Waals surface area contributed by atoms with Gasteiger partial charge in [-0.1, -0.05) is 30.3 Å². The summed E-state index contributed by atoms with van der Waals surface area (Å²) in [5, 5.41) is 17.7. The van der Waals surface area contributed by atoms with Gasteiger partial charge in [-0.05, 0) is 17.9 Å². The van der Waals surface area contributed by atoms with Crippen molar-refractivity contribution in [2.45, 2.75) is 31.4 Å². The lowest BCUT2D eigenvalue weighted by atomic mass is 10.1. The van der Waals surface area contributed by atoms with Crippen molar-refractivity contribution in [3.63, 3.8) is 0 Å². The maximum atomic E-state index is 9.35. The van der Waals surface area contributed by atoms with E-state index in [-0.39, 0.29) is 6.61 Å². The van der Waals surface area contributed by atoms with E-state index in [4.69, 9.17) is 4.74 Å². The first-order valence-electron chi connectivity index (χ1n) is 6.92. The molecular formula is C15H19N3O2. The molecule has 2 atom stereocenters. The van der Waals surface area contributed by atoms with Gasteiger partial charge in [-0.2, -0.15) is 0 Å². The van der Waals surface area contributed by atoms with Crippen LogP contribution < -0.4 is 0 Å². The SMILES string of the molecule is COCCn1c(CO)nnc1C1CC1c1ccccc1. The highest BCUT2D eigenvalue weighted by molar-refractivity contribution is 5.31. The van der Waals surface area contributed by atoms with Gasteiger partial charge in [0.05, 0.1) is 6.61 Å². The third-order valence-corrected chi connectivity index (χ3v) is 3.87. The molecule has 1 aromatic heterocycles. The normalized spacial score (nSPS) is 21.1. The van der Waals surface area contributed by atoms with Gasteiger partial charge in [0.15, 0.2) is 5.82 Å². The van der Waals surface area contributed by atoms with E-state index >= 15 is 0 Å². The topological polar surface area (TPSA) is 60.2 Å². The molecule has 5 nitrogen and oxygen atoms in total. The second kappa shape index (κ2) is 5.73. The van der Waals surface area contributed by atoms with Crippen molar-refractivity contribution in [3.05, 3.63) is 47.5 Å². The zero-order chi connectivity index (χ0) is 13.9. The molecule has 5 heteroatoms. The predicted octanol–water partition coefficient (Wildman–Crippen LogP) is 1.69. The van der Waals surface area contributed by atoms with Crippen molar-refractivity contribution in [1.82, 2.24) is 14.8 Å². The summed E-state index contributed by atoms with van der Waals surface area (Å²) < 4.78 is 7.12. The second-order valence-corrected chi connectivity index (χ2v) is 5.14. The van der Waals surface area contributed by atoms with Gasteiger partial charge in [0.2, 0.25) is 0 Å². The standard InChI is InChI=1S/C15H19N3O2/c1-20-8-7-18-14(10-19)16-17-15(18)13-9-12(13)11-5-3-2-4-6-11/h2-6,12-13,19H,7-10H2,1H3. The van der Waals surface area contributed by atoms with Crippen molar-refractivity contribution in [1.29, 1.82) is 0 Å². The summed E-state index contributed by atoms with van der Waals surface area (Å²) in [5.41, 5.74) is 1.35. The van der Waals surface area contributed by atoms with Gasteiger partial charge in [0.1, 0.15) is 12.4 Å². The Morgan fingerprint density at radius 1 is 1.25 bits per heavy atom.